The molecule has 0 aromatic carbocycles. The summed E-state index contributed by atoms with van der Waals surface area (Å²) >= 11 is 0. The molecule has 1 aliphatic carbocycles. The van der Waals surface area contributed by atoms with Crippen LogP contribution >= 0.6 is 0 Å². The van der Waals surface area contributed by atoms with Crippen molar-refractivity contribution in [1.29, 1.82) is 0 Å². The molecule has 0 aliphatic heterocycles. The number of nitrogens with zero attached hydrogens (tertiary/aromatic N) is 6. The summed E-state index contributed by atoms with van der Waals surface area (Å²) < 4.78 is 1.62. The Morgan fingerprint density at radius 2 is 2.14 bits per heavy atom. The minimum Gasteiger partial charge on any atom is -0.343 e. The van der Waals surface area contributed by atoms with Crippen molar-refractivity contribution in [2.75, 3.05) is 14.1 Å². The highest BCUT2D eigenvalue weighted by atomic mass is 16.2. The second kappa shape index (κ2) is 5.45. The van der Waals surface area contributed by atoms with Gasteiger partial charge in [-0.15, -0.1) is 5.10 Å². The number of nitrogens with two attached hydrogens (primary N) is 1. The van der Waals surface area contributed by atoms with E-state index in [9.17, 15) is 4.79 Å². The minimum absolute atomic E-state index is 0.187. The van der Waals surface area contributed by atoms with E-state index in [0.29, 0.717) is 23.3 Å². The molecule has 8 nitrogen and oxygen atoms in total. The van der Waals surface area contributed by atoms with E-state index in [2.05, 4.69) is 20.1 Å². The van der Waals surface area contributed by atoms with Crippen LogP contribution in [0.25, 0.3) is 5.82 Å². The van der Waals surface area contributed by atoms with Crippen LogP contribution in [-0.2, 0) is 0 Å². The summed E-state index contributed by atoms with van der Waals surface area (Å²) in [6.45, 7) is 1.85. The molecule has 116 valence electrons. The fourth-order valence-electron chi connectivity index (χ4n) is 2.13. The van der Waals surface area contributed by atoms with E-state index in [4.69, 9.17) is 5.73 Å². The van der Waals surface area contributed by atoms with Crippen molar-refractivity contribution in [3.05, 3.63) is 29.7 Å². The maximum atomic E-state index is 12.0. The molecule has 1 aliphatic rings. The van der Waals surface area contributed by atoms with Gasteiger partial charge in [-0.05, 0) is 19.8 Å². The Hall–Kier alpha value is -2.35. The highest BCUT2D eigenvalue weighted by Gasteiger charge is 2.30. The van der Waals surface area contributed by atoms with E-state index in [1.165, 1.54) is 11.2 Å². The average molecular weight is 301 g/mol. The first-order chi connectivity index (χ1) is 10.5. The van der Waals surface area contributed by atoms with Gasteiger partial charge in [0.05, 0.1) is 6.04 Å². The number of aromatic nitrogens is 5. The summed E-state index contributed by atoms with van der Waals surface area (Å²) in [5, 5.41) is 4.52. The lowest BCUT2D eigenvalue weighted by molar-refractivity contribution is 0.0821. The molecule has 2 aromatic heterocycles. The number of hydrogen-bond donors (Lipinski definition) is 1. The molecule has 0 bridgehead atoms. The Balaban J connectivity index is 2.03. The lowest BCUT2D eigenvalue weighted by Crippen LogP contribution is -2.23. The highest BCUT2D eigenvalue weighted by Crippen LogP contribution is 2.38. The third-order valence-electron chi connectivity index (χ3n) is 3.49. The zero-order valence-electron chi connectivity index (χ0n) is 12.9. The van der Waals surface area contributed by atoms with E-state index in [1.807, 2.05) is 6.92 Å². The predicted octanol–water partition coefficient (Wildman–Crippen LogP) is 0.656. The molecule has 1 amide bonds. The summed E-state index contributed by atoms with van der Waals surface area (Å²) in [6, 6.07) is 1.34. The number of carbonyl (C=O) groups excluding carboxylic acids is 1. The first kappa shape index (κ1) is 14.6. The van der Waals surface area contributed by atoms with E-state index in [1.54, 1.807) is 24.8 Å². The van der Waals surface area contributed by atoms with Crippen LogP contribution in [0.15, 0.2) is 12.4 Å². The van der Waals surface area contributed by atoms with E-state index < -0.39 is 0 Å². The van der Waals surface area contributed by atoms with Gasteiger partial charge in [-0.2, -0.15) is 4.68 Å². The van der Waals surface area contributed by atoms with Gasteiger partial charge in [0.25, 0.3) is 5.91 Å². The van der Waals surface area contributed by atoms with Gasteiger partial charge in [-0.1, -0.05) is 0 Å². The fraction of sp³-hybridized carbons (Fsp3) is 0.500. The molecule has 0 unspecified atom stereocenters. The van der Waals surface area contributed by atoms with Gasteiger partial charge >= 0.3 is 0 Å². The van der Waals surface area contributed by atoms with Gasteiger partial charge in [0.1, 0.15) is 12.0 Å². The normalized spacial score (nSPS) is 15.6. The molecule has 8 heteroatoms. The SMILES string of the molecule is C[C@H](N)c1nc(C2CC2)nn1-c1cc(C(=O)N(C)C)ncn1. The van der Waals surface area contributed by atoms with Crippen LogP contribution in [0.4, 0.5) is 0 Å². The molecule has 2 N–H and O–H groups in total. The standard InChI is InChI=1S/C14H19N7O/c1-8(15)13-18-12(9-4-5-9)19-21(13)11-6-10(16-7-17-11)14(22)20(2)3/h6-9H,4-5,15H2,1-3H3/t8-/m0/s1. The molecule has 3 rings (SSSR count). The van der Waals surface area contributed by atoms with Crippen LogP contribution in [0.1, 0.15) is 53.9 Å². The smallest absolute Gasteiger partial charge is 0.272 e. The second-order valence-corrected chi connectivity index (χ2v) is 5.76. The van der Waals surface area contributed by atoms with E-state index >= 15 is 0 Å². The maximum absolute atomic E-state index is 12.0. The van der Waals surface area contributed by atoms with E-state index in [-0.39, 0.29) is 11.9 Å². The van der Waals surface area contributed by atoms with E-state index in [0.717, 1.165) is 18.7 Å². The molecular formula is C14H19N7O. The molecule has 0 saturated heterocycles. The average Bonchev–Trinajstić information content (AvgIpc) is 3.24. The van der Waals surface area contributed by atoms with Gasteiger partial charge in [-0.25, -0.2) is 15.0 Å². The van der Waals surface area contributed by atoms with Crippen LogP contribution in [-0.4, -0.2) is 49.6 Å². The van der Waals surface area contributed by atoms with Crippen molar-refractivity contribution in [1.82, 2.24) is 29.6 Å². The summed E-state index contributed by atoms with van der Waals surface area (Å²) in [4.78, 5) is 26.3. The summed E-state index contributed by atoms with van der Waals surface area (Å²) in [5.41, 5.74) is 6.30. The topological polar surface area (TPSA) is 103 Å². The maximum Gasteiger partial charge on any atom is 0.272 e. The van der Waals surface area contributed by atoms with Gasteiger partial charge < -0.3 is 10.6 Å². The Labute approximate surface area is 128 Å². The van der Waals surface area contributed by atoms with Crippen molar-refractivity contribution in [2.24, 2.45) is 5.73 Å². The minimum atomic E-state index is -0.275. The molecule has 1 atom stereocenters. The Bertz CT molecular complexity index is 703. The highest BCUT2D eigenvalue weighted by molar-refractivity contribution is 5.92. The molecule has 2 aromatic rings. The number of carbonyl (C=O) groups is 1. The Kier molecular flexibility index (Phi) is 3.61. The summed E-state index contributed by atoms with van der Waals surface area (Å²) in [7, 11) is 3.36. The molecule has 0 spiro atoms. The van der Waals surface area contributed by atoms with Gasteiger partial charge in [0.15, 0.2) is 17.5 Å². The van der Waals surface area contributed by atoms with Crippen LogP contribution in [0.3, 0.4) is 0 Å². The molecule has 22 heavy (non-hydrogen) atoms. The van der Waals surface area contributed by atoms with Crippen molar-refractivity contribution < 1.29 is 4.79 Å². The zero-order valence-corrected chi connectivity index (χ0v) is 12.9. The number of hydrogen-bond acceptors (Lipinski definition) is 6. The molecule has 2 heterocycles. The first-order valence-corrected chi connectivity index (χ1v) is 7.24. The third-order valence-corrected chi connectivity index (χ3v) is 3.49. The summed E-state index contributed by atoms with van der Waals surface area (Å²) in [5.74, 6) is 2.18. The summed E-state index contributed by atoms with van der Waals surface area (Å²) in [6.07, 6.45) is 3.57. The Morgan fingerprint density at radius 1 is 1.41 bits per heavy atom. The van der Waals surface area contributed by atoms with Crippen molar-refractivity contribution in [3.63, 3.8) is 0 Å². The second-order valence-electron chi connectivity index (χ2n) is 5.76. The van der Waals surface area contributed by atoms with Crippen molar-refractivity contribution in [2.45, 2.75) is 31.7 Å². The van der Waals surface area contributed by atoms with Crippen molar-refractivity contribution >= 4 is 5.91 Å². The van der Waals surface area contributed by atoms with Crippen LogP contribution < -0.4 is 5.73 Å². The third kappa shape index (κ3) is 2.69. The quantitative estimate of drug-likeness (QED) is 0.889. The van der Waals surface area contributed by atoms with Crippen LogP contribution in [0.5, 0.6) is 0 Å². The molecule has 0 radical (unpaired) electrons. The first-order valence-electron chi connectivity index (χ1n) is 7.24. The Morgan fingerprint density at radius 3 is 2.73 bits per heavy atom. The van der Waals surface area contributed by atoms with Crippen molar-refractivity contribution in [3.8, 4) is 5.82 Å². The fourth-order valence-corrected chi connectivity index (χ4v) is 2.13. The van der Waals surface area contributed by atoms with Gasteiger partial charge in [-0.3, -0.25) is 4.79 Å². The van der Waals surface area contributed by atoms with Crippen LogP contribution in [0.2, 0.25) is 0 Å². The number of amides is 1. The predicted molar refractivity (Wildman–Crippen MR) is 79.5 cm³/mol. The van der Waals surface area contributed by atoms with Gasteiger partial charge in [0, 0.05) is 26.1 Å². The van der Waals surface area contributed by atoms with Gasteiger partial charge in [0.2, 0.25) is 0 Å². The molecule has 1 saturated carbocycles. The zero-order chi connectivity index (χ0) is 15.9. The lowest BCUT2D eigenvalue weighted by Gasteiger charge is -2.11. The van der Waals surface area contributed by atoms with Crippen LogP contribution in [0, 0.1) is 0 Å². The monoisotopic (exact) mass is 301 g/mol. The largest absolute Gasteiger partial charge is 0.343 e. The lowest BCUT2D eigenvalue weighted by atomic mass is 10.3. The molecule has 1 fully saturated rings. The molecular weight excluding hydrogens is 282 g/mol. The number of rotatable bonds is 4.